The van der Waals surface area contributed by atoms with E-state index in [1.165, 1.54) is 0 Å². The quantitative estimate of drug-likeness (QED) is 0.581. The van der Waals surface area contributed by atoms with E-state index in [2.05, 4.69) is 29.0 Å². The van der Waals surface area contributed by atoms with Crippen LogP contribution >= 0.6 is 0 Å². The maximum absolute atomic E-state index is 11.1. The van der Waals surface area contributed by atoms with Crippen molar-refractivity contribution in [2.24, 2.45) is 5.73 Å². The van der Waals surface area contributed by atoms with E-state index in [-0.39, 0.29) is 11.9 Å². The van der Waals surface area contributed by atoms with Gasteiger partial charge in [0.05, 0.1) is 6.04 Å². The van der Waals surface area contributed by atoms with Crippen LogP contribution in [0, 0.1) is 0 Å². The molecule has 0 aromatic rings. The molecule has 0 rings (SSSR count). The first-order chi connectivity index (χ1) is 7.42. The molecule has 2 unspecified atom stereocenters. The van der Waals surface area contributed by atoms with Crippen molar-refractivity contribution in [2.45, 2.75) is 25.9 Å². The lowest BCUT2D eigenvalue weighted by atomic mass is 10.2. The van der Waals surface area contributed by atoms with Crippen LogP contribution in [0.25, 0.3) is 0 Å². The molecule has 96 valence electrons. The third kappa shape index (κ3) is 5.44. The van der Waals surface area contributed by atoms with E-state index in [0.29, 0.717) is 12.6 Å². The van der Waals surface area contributed by atoms with Crippen molar-refractivity contribution < 1.29 is 4.79 Å². The van der Waals surface area contributed by atoms with Crippen LogP contribution in [0.2, 0.25) is 0 Å². The van der Waals surface area contributed by atoms with Crippen LogP contribution in [0.1, 0.15) is 13.8 Å². The minimum absolute atomic E-state index is 0.274. The Hall–Kier alpha value is -0.650. The molecule has 0 radical (unpaired) electrons. The second-order valence-corrected chi connectivity index (χ2v) is 4.44. The summed E-state index contributed by atoms with van der Waals surface area (Å²) in [6, 6.07) is 0.139. The molecule has 0 aromatic heterocycles. The van der Waals surface area contributed by atoms with Gasteiger partial charge in [-0.05, 0) is 34.6 Å². The summed E-state index contributed by atoms with van der Waals surface area (Å²) in [5.41, 5.74) is 5.31. The van der Waals surface area contributed by atoms with Gasteiger partial charge < -0.3 is 16.0 Å². The summed E-state index contributed by atoms with van der Waals surface area (Å²) < 4.78 is 0. The predicted octanol–water partition coefficient (Wildman–Crippen LogP) is -0.668. The van der Waals surface area contributed by atoms with Crippen molar-refractivity contribution >= 4 is 5.91 Å². The Balaban J connectivity index is 4.31. The molecule has 1 amide bonds. The Labute approximate surface area is 99.0 Å². The van der Waals surface area contributed by atoms with E-state index >= 15 is 0 Å². The zero-order valence-corrected chi connectivity index (χ0v) is 11.2. The van der Waals surface area contributed by atoms with Gasteiger partial charge in [0.25, 0.3) is 0 Å². The van der Waals surface area contributed by atoms with Crippen molar-refractivity contribution in [2.75, 3.05) is 40.8 Å². The van der Waals surface area contributed by atoms with Gasteiger partial charge in [-0.15, -0.1) is 0 Å². The molecule has 0 aliphatic rings. The monoisotopic (exact) mass is 230 g/mol. The van der Waals surface area contributed by atoms with Crippen molar-refractivity contribution in [1.82, 2.24) is 15.1 Å². The van der Waals surface area contributed by atoms with E-state index < -0.39 is 0 Å². The lowest BCUT2D eigenvalue weighted by Gasteiger charge is -2.32. The summed E-state index contributed by atoms with van der Waals surface area (Å²) in [6.07, 6.45) is 0. The number of carbonyl (C=O) groups is 1. The van der Waals surface area contributed by atoms with Gasteiger partial charge >= 0.3 is 0 Å². The Morgan fingerprint density at radius 1 is 1.38 bits per heavy atom. The highest BCUT2D eigenvalue weighted by Gasteiger charge is 2.20. The smallest absolute Gasteiger partial charge is 0.235 e. The molecule has 0 aromatic carbocycles. The van der Waals surface area contributed by atoms with Crippen LogP contribution in [-0.2, 0) is 4.79 Å². The second-order valence-electron chi connectivity index (χ2n) is 4.44. The number of nitrogens with two attached hydrogens (primary N) is 1. The summed E-state index contributed by atoms with van der Waals surface area (Å²) in [5, 5.41) is 2.94. The number of hydrogen-bond acceptors (Lipinski definition) is 4. The Bertz CT molecular complexity index is 208. The Morgan fingerprint density at radius 3 is 2.25 bits per heavy atom. The molecule has 5 heteroatoms. The summed E-state index contributed by atoms with van der Waals surface area (Å²) in [5.74, 6) is -0.294. The topological polar surface area (TPSA) is 61.6 Å². The minimum atomic E-state index is -0.294. The lowest BCUT2D eigenvalue weighted by molar-refractivity contribution is -0.120. The first kappa shape index (κ1) is 15.3. The SMILES string of the molecule is CCN(CC(NC)C(N)=O)C(C)CN(C)C. The van der Waals surface area contributed by atoms with Gasteiger partial charge in [0.2, 0.25) is 5.91 Å². The van der Waals surface area contributed by atoms with Crippen molar-refractivity contribution in [3.63, 3.8) is 0 Å². The number of rotatable bonds is 8. The molecule has 0 saturated carbocycles. The van der Waals surface area contributed by atoms with Crippen molar-refractivity contribution in [3.05, 3.63) is 0 Å². The average molecular weight is 230 g/mol. The predicted molar refractivity (Wildman–Crippen MR) is 67.3 cm³/mol. The first-order valence-electron chi connectivity index (χ1n) is 5.77. The molecule has 0 saturated heterocycles. The largest absolute Gasteiger partial charge is 0.368 e. The molecular weight excluding hydrogens is 204 g/mol. The minimum Gasteiger partial charge on any atom is -0.368 e. The van der Waals surface area contributed by atoms with E-state index in [1.54, 1.807) is 7.05 Å². The van der Waals surface area contributed by atoms with Gasteiger partial charge in [0, 0.05) is 19.1 Å². The fourth-order valence-corrected chi connectivity index (χ4v) is 1.82. The average Bonchev–Trinajstić information content (AvgIpc) is 2.17. The van der Waals surface area contributed by atoms with Gasteiger partial charge in [-0.3, -0.25) is 9.69 Å². The number of carbonyl (C=O) groups excluding carboxylic acids is 1. The Morgan fingerprint density at radius 2 is 1.94 bits per heavy atom. The van der Waals surface area contributed by atoms with Gasteiger partial charge in [-0.2, -0.15) is 0 Å². The van der Waals surface area contributed by atoms with Gasteiger partial charge in [-0.25, -0.2) is 0 Å². The zero-order chi connectivity index (χ0) is 12.7. The number of nitrogens with zero attached hydrogens (tertiary/aromatic N) is 2. The van der Waals surface area contributed by atoms with Crippen LogP contribution in [0.4, 0.5) is 0 Å². The van der Waals surface area contributed by atoms with Gasteiger partial charge in [0.1, 0.15) is 0 Å². The number of nitrogens with one attached hydrogen (secondary N) is 1. The molecule has 0 fully saturated rings. The van der Waals surface area contributed by atoms with Crippen molar-refractivity contribution in [3.8, 4) is 0 Å². The van der Waals surface area contributed by atoms with E-state index in [0.717, 1.165) is 13.1 Å². The summed E-state index contributed by atoms with van der Waals surface area (Å²) in [7, 11) is 5.86. The standard InChI is InChI=1S/C11H26N4O/c1-6-15(9(2)7-14(4)5)8-10(13-3)11(12)16/h9-10,13H,6-8H2,1-5H3,(H2,12,16). The highest BCUT2D eigenvalue weighted by atomic mass is 16.1. The van der Waals surface area contributed by atoms with Crippen LogP contribution in [-0.4, -0.2) is 68.6 Å². The third-order valence-corrected chi connectivity index (χ3v) is 2.77. The van der Waals surface area contributed by atoms with E-state index in [4.69, 9.17) is 5.73 Å². The normalized spacial score (nSPS) is 15.4. The third-order valence-electron chi connectivity index (χ3n) is 2.77. The number of amides is 1. The summed E-state index contributed by atoms with van der Waals surface area (Å²) in [4.78, 5) is 15.6. The molecule has 0 bridgehead atoms. The summed E-state index contributed by atoms with van der Waals surface area (Å²) in [6.45, 7) is 6.82. The van der Waals surface area contributed by atoms with Gasteiger partial charge in [-0.1, -0.05) is 6.92 Å². The molecular formula is C11H26N4O. The maximum atomic E-state index is 11.1. The molecule has 0 aliphatic heterocycles. The lowest BCUT2D eigenvalue weighted by Crippen LogP contribution is -2.51. The molecule has 5 nitrogen and oxygen atoms in total. The molecule has 16 heavy (non-hydrogen) atoms. The summed E-state index contributed by atoms with van der Waals surface area (Å²) >= 11 is 0. The number of primary amides is 1. The molecule has 2 atom stereocenters. The fraction of sp³-hybridized carbons (Fsp3) is 0.909. The molecule has 0 spiro atoms. The van der Waals surface area contributed by atoms with E-state index in [9.17, 15) is 4.79 Å². The highest BCUT2D eigenvalue weighted by molar-refractivity contribution is 5.80. The highest BCUT2D eigenvalue weighted by Crippen LogP contribution is 2.01. The first-order valence-corrected chi connectivity index (χ1v) is 5.77. The van der Waals surface area contributed by atoms with E-state index in [1.807, 2.05) is 14.1 Å². The number of hydrogen-bond donors (Lipinski definition) is 2. The van der Waals surface area contributed by atoms with Crippen LogP contribution in [0.3, 0.4) is 0 Å². The molecule has 0 aliphatic carbocycles. The number of likely N-dealkylation sites (N-methyl/N-ethyl adjacent to an activating group) is 3. The second kappa shape index (κ2) is 7.60. The van der Waals surface area contributed by atoms with Crippen LogP contribution in [0.15, 0.2) is 0 Å². The zero-order valence-electron chi connectivity index (χ0n) is 11.2. The van der Waals surface area contributed by atoms with Crippen LogP contribution in [0.5, 0.6) is 0 Å². The maximum Gasteiger partial charge on any atom is 0.235 e. The van der Waals surface area contributed by atoms with Gasteiger partial charge in [0.15, 0.2) is 0 Å². The van der Waals surface area contributed by atoms with Crippen molar-refractivity contribution in [1.29, 1.82) is 0 Å². The van der Waals surface area contributed by atoms with Crippen LogP contribution < -0.4 is 11.1 Å². The Kier molecular flexibility index (Phi) is 7.29. The fourth-order valence-electron chi connectivity index (χ4n) is 1.82. The molecule has 3 N–H and O–H groups in total. The molecule has 0 heterocycles.